The fourth-order valence-corrected chi connectivity index (χ4v) is 4.61. The lowest BCUT2D eigenvalue weighted by Crippen LogP contribution is -2.26. The highest BCUT2D eigenvalue weighted by atomic mass is 79.9. The summed E-state index contributed by atoms with van der Waals surface area (Å²) in [4.78, 5) is 4.65. The minimum Gasteiger partial charge on any atom is -0.263 e. The molecule has 8 heteroatoms. The second-order valence-electron chi connectivity index (χ2n) is 5.94. The molecule has 0 bridgehead atoms. The summed E-state index contributed by atoms with van der Waals surface area (Å²) >= 11 is 3.26. The molecule has 0 aliphatic carbocycles. The van der Waals surface area contributed by atoms with Crippen LogP contribution in [0.15, 0.2) is 57.9 Å². The van der Waals surface area contributed by atoms with Crippen LogP contribution in [-0.4, -0.2) is 30.1 Å². The van der Waals surface area contributed by atoms with Crippen molar-refractivity contribution in [1.29, 1.82) is 0 Å². The van der Waals surface area contributed by atoms with E-state index in [1.807, 2.05) is 25.1 Å². The van der Waals surface area contributed by atoms with E-state index in [4.69, 9.17) is 0 Å². The van der Waals surface area contributed by atoms with Crippen LogP contribution < -0.4 is 4.72 Å². The minimum absolute atomic E-state index is 0.218. The van der Waals surface area contributed by atoms with Crippen LogP contribution in [0.1, 0.15) is 22.8 Å². The van der Waals surface area contributed by atoms with E-state index in [0.717, 1.165) is 11.4 Å². The molecule has 26 heavy (non-hydrogen) atoms. The van der Waals surface area contributed by atoms with Crippen LogP contribution in [0.4, 0.5) is 0 Å². The fourth-order valence-electron chi connectivity index (χ4n) is 2.58. The Balaban J connectivity index is 1.58. The Labute approximate surface area is 161 Å². The largest absolute Gasteiger partial charge is 0.263 e. The van der Waals surface area contributed by atoms with Crippen LogP contribution in [-0.2, 0) is 22.9 Å². The zero-order valence-corrected chi connectivity index (χ0v) is 16.6. The van der Waals surface area contributed by atoms with Crippen LogP contribution in [0.2, 0.25) is 0 Å². The Hall–Kier alpha value is -2.03. The lowest BCUT2D eigenvalue weighted by molar-refractivity contribution is 0.580. The number of aryl methyl sites for hydroxylation is 1. The topological polar surface area (TPSA) is 87.7 Å². The third-order valence-corrected chi connectivity index (χ3v) is 6.27. The molecular formula is C18H19BrN4O2S. The lowest BCUT2D eigenvalue weighted by Gasteiger charge is -2.07. The number of nitrogens with one attached hydrogen (secondary N) is 2. The molecule has 2 N–H and O–H groups in total. The second-order valence-corrected chi connectivity index (χ2v) is 8.53. The molecule has 1 aromatic heterocycles. The molecule has 2 aromatic carbocycles. The lowest BCUT2D eigenvalue weighted by atomic mass is 10.1. The summed E-state index contributed by atoms with van der Waals surface area (Å²) in [6.45, 7) is 2.28. The van der Waals surface area contributed by atoms with E-state index < -0.39 is 10.0 Å². The molecule has 0 fully saturated rings. The number of benzene rings is 2. The van der Waals surface area contributed by atoms with Gasteiger partial charge in [0.15, 0.2) is 5.82 Å². The maximum absolute atomic E-state index is 12.3. The van der Waals surface area contributed by atoms with E-state index >= 15 is 0 Å². The molecule has 0 unspecified atom stereocenters. The normalized spacial score (nSPS) is 11.6. The standard InChI is InChI=1S/C18H19BrN4O2S/c1-13-5-4-6-14(11-13)12-18-21-17(22-23-18)9-10-20-26(24,25)16-8-3-2-7-15(16)19/h2-8,11,20H,9-10,12H2,1H3,(H,21,22,23). The van der Waals surface area contributed by atoms with Gasteiger partial charge in [0.25, 0.3) is 0 Å². The number of nitrogens with zero attached hydrogens (tertiary/aromatic N) is 2. The highest BCUT2D eigenvalue weighted by molar-refractivity contribution is 9.10. The van der Waals surface area contributed by atoms with E-state index in [0.29, 0.717) is 23.1 Å². The number of halogens is 1. The molecule has 1 heterocycles. The van der Waals surface area contributed by atoms with Crippen molar-refractivity contribution in [2.24, 2.45) is 0 Å². The van der Waals surface area contributed by atoms with Crippen molar-refractivity contribution in [3.05, 3.63) is 75.8 Å². The van der Waals surface area contributed by atoms with Crippen molar-refractivity contribution in [3.8, 4) is 0 Å². The molecule has 136 valence electrons. The molecule has 0 aliphatic rings. The van der Waals surface area contributed by atoms with Gasteiger partial charge in [-0.15, -0.1) is 0 Å². The van der Waals surface area contributed by atoms with Crippen molar-refractivity contribution >= 4 is 26.0 Å². The van der Waals surface area contributed by atoms with Gasteiger partial charge in [-0.05, 0) is 40.5 Å². The van der Waals surface area contributed by atoms with Gasteiger partial charge in [0.05, 0.1) is 4.90 Å². The summed E-state index contributed by atoms with van der Waals surface area (Å²) in [6, 6.07) is 14.9. The van der Waals surface area contributed by atoms with E-state index in [1.165, 1.54) is 5.56 Å². The van der Waals surface area contributed by atoms with Crippen molar-refractivity contribution in [2.45, 2.75) is 24.7 Å². The van der Waals surface area contributed by atoms with Crippen molar-refractivity contribution in [2.75, 3.05) is 6.54 Å². The van der Waals surface area contributed by atoms with Crippen LogP contribution in [0, 0.1) is 6.92 Å². The smallest absolute Gasteiger partial charge is 0.241 e. The average molecular weight is 435 g/mol. The molecule has 0 saturated carbocycles. The van der Waals surface area contributed by atoms with E-state index in [9.17, 15) is 8.42 Å². The van der Waals surface area contributed by atoms with Gasteiger partial charge >= 0.3 is 0 Å². The highest BCUT2D eigenvalue weighted by Gasteiger charge is 2.16. The van der Waals surface area contributed by atoms with Gasteiger partial charge in [-0.2, -0.15) is 5.10 Å². The van der Waals surface area contributed by atoms with E-state index in [2.05, 4.69) is 41.9 Å². The van der Waals surface area contributed by atoms with E-state index in [-0.39, 0.29) is 11.4 Å². The van der Waals surface area contributed by atoms with Gasteiger partial charge in [-0.3, -0.25) is 5.10 Å². The Morgan fingerprint density at radius 1 is 1.15 bits per heavy atom. The van der Waals surface area contributed by atoms with Gasteiger partial charge in [0.1, 0.15) is 5.82 Å². The molecule has 0 spiro atoms. The second kappa shape index (κ2) is 8.11. The summed E-state index contributed by atoms with van der Waals surface area (Å²) in [5.74, 6) is 1.35. The molecular weight excluding hydrogens is 416 g/mol. The minimum atomic E-state index is -3.57. The average Bonchev–Trinajstić information content (AvgIpc) is 3.02. The first-order chi connectivity index (χ1) is 12.4. The number of aromatic amines is 1. The Morgan fingerprint density at radius 2 is 1.96 bits per heavy atom. The van der Waals surface area contributed by atoms with Crippen molar-refractivity contribution < 1.29 is 8.42 Å². The molecule has 0 aliphatic heterocycles. The van der Waals surface area contributed by atoms with Crippen LogP contribution in [0.5, 0.6) is 0 Å². The summed E-state index contributed by atoms with van der Waals surface area (Å²) in [5, 5.41) is 7.08. The summed E-state index contributed by atoms with van der Waals surface area (Å²) in [6.07, 6.45) is 1.07. The SMILES string of the molecule is Cc1cccc(Cc2nc(CCNS(=O)(=O)c3ccccc3Br)n[nH]2)c1. The number of hydrogen-bond acceptors (Lipinski definition) is 4. The van der Waals surface area contributed by atoms with E-state index in [1.54, 1.807) is 24.3 Å². The first-order valence-corrected chi connectivity index (χ1v) is 10.4. The van der Waals surface area contributed by atoms with Crippen molar-refractivity contribution in [1.82, 2.24) is 19.9 Å². The fraction of sp³-hybridized carbons (Fsp3) is 0.222. The van der Waals surface area contributed by atoms with Gasteiger partial charge in [0.2, 0.25) is 10.0 Å². The zero-order valence-electron chi connectivity index (χ0n) is 14.2. The monoisotopic (exact) mass is 434 g/mol. The Kier molecular flexibility index (Phi) is 5.85. The number of rotatable bonds is 7. The molecule has 0 saturated heterocycles. The number of sulfonamides is 1. The maximum atomic E-state index is 12.3. The van der Waals surface area contributed by atoms with Crippen molar-refractivity contribution in [3.63, 3.8) is 0 Å². The Morgan fingerprint density at radius 3 is 2.73 bits per heavy atom. The molecule has 3 rings (SSSR count). The summed E-state index contributed by atoms with van der Waals surface area (Å²) in [7, 11) is -3.57. The molecule has 3 aromatic rings. The number of hydrogen-bond donors (Lipinski definition) is 2. The van der Waals surface area contributed by atoms with Crippen LogP contribution >= 0.6 is 15.9 Å². The number of H-pyrrole nitrogens is 1. The molecule has 6 nitrogen and oxygen atoms in total. The van der Waals surface area contributed by atoms with Crippen LogP contribution in [0.3, 0.4) is 0 Å². The number of aromatic nitrogens is 3. The van der Waals surface area contributed by atoms with Gasteiger partial charge in [-0.1, -0.05) is 42.0 Å². The Bertz CT molecular complexity index is 1000. The highest BCUT2D eigenvalue weighted by Crippen LogP contribution is 2.20. The molecule has 0 atom stereocenters. The third kappa shape index (κ3) is 4.78. The predicted molar refractivity (Wildman–Crippen MR) is 103 cm³/mol. The predicted octanol–water partition coefficient (Wildman–Crippen LogP) is 2.99. The first kappa shape index (κ1) is 18.8. The first-order valence-electron chi connectivity index (χ1n) is 8.14. The van der Waals surface area contributed by atoms with Gasteiger partial charge < -0.3 is 0 Å². The van der Waals surface area contributed by atoms with Gasteiger partial charge in [-0.25, -0.2) is 18.1 Å². The zero-order chi connectivity index (χ0) is 18.6. The third-order valence-electron chi connectivity index (χ3n) is 3.80. The summed E-state index contributed by atoms with van der Waals surface area (Å²) in [5.41, 5.74) is 2.35. The molecule has 0 radical (unpaired) electrons. The summed E-state index contributed by atoms with van der Waals surface area (Å²) < 4.78 is 27.8. The molecule has 0 amide bonds. The maximum Gasteiger partial charge on any atom is 0.241 e. The van der Waals surface area contributed by atoms with Crippen LogP contribution in [0.25, 0.3) is 0 Å². The quantitative estimate of drug-likeness (QED) is 0.598. The van der Waals surface area contributed by atoms with Gasteiger partial charge in [0, 0.05) is 23.9 Å².